The first-order valence-corrected chi connectivity index (χ1v) is 13.3. The predicted molar refractivity (Wildman–Crippen MR) is 139 cm³/mol. The van der Waals surface area contributed by atoms with E-state index in [1.54, 1.807) is 24.3 Å². The maximum atomic E-state index is 12.8. The summed E-state index contributed by atoms with van der Waals surface area (Å²) in [5.41, 5.74) is -0.393. The van der Waals surface area contributed by atoms with E-state index >= 15 is 0 Å². The number of benzene rings is 1. The molecule has 0 aliphatic carbocycles. The number of carbonyl (C=O) groups is 2. The van der Waals surface area contributed by atoms with Gasteiger partial charge in [-0.2, -0.15) is 0 Å². The van der Waals surface area contributed by atoms with Gasteiger partial charge in [-0.25, -0.2) is 9.59 Å². The summed E-state index contributed by atoms with van der Waals surface area (Å²) in [4.78, 5) is 25.2. The van der Waals surface area contributed by atoms with Crippen molar-refractivity contribution in [2.24, 2.45) is 11.8 Å². The highest BCUT2D eigenvalue weighted by Gasteiger charge is 2.29. The van der Waals surface area contributed by atoms with Crippen LogP contribution in [0.5, 0.6) is 0 Å². The largest absolute Gasteiger partial charge is 0.462 e. The molecule has 0 bridgehead atoms. The highest BCUT2D eigenvalue weighted by atomic mass is 16.6. The van der Waals surface area contributed by atoms with E-state index in [2.05, 4.69) is 20.8 Å². The van der Waals surface area contributed by atoms with Crippen LogP contribution in [-0.2, 0) is 9.47 Å². The monoisotopic (exact) mass is 492 g/mol. The molecule has 0 fully saturated rings. The summed E-state index contributed by atoms with van der Waals surface area (Å²) in [5, 5.41) is 19.3. The number of aliphatic hydroxyl groups is 2. The molecule has 0 amide bonds. The second-order valence-corrected chi connectivity index (χ2v) is 10.7. The Morgan fingerprint density at radius 2 is 1.40 bits per heavy atom. The van der Waals surface area contributed by atoms with Gasteiger partial charge >= 0.3 is 11.9 Å². The Morgan fingerprint density at radius 1 is 0.857 bits per heavy atom. The van der Waals surface area contributed by atoms with Gasteiger partial charge in [0.25, 0.3) is 0 Å². The summed E-state index contributed by atoms with van der Waals surface area (Å²) in [6.07, 6.45) is 7.11. The third-order valence-electron chi connectivity index (χ3n) is 7.04. The maximum Gasteiger partial charge on any atom is 0.338 e. The summed E-state index contributed by atoms with van der Waals surface area (Å²) >= 11 is 0. The number of rotatable bonds is 17. The lowest BCUT2D eigenvalue weighted by Gasteiger charge is -2.30. The molecule has 35 heavy (non-hydrogen) atoms. The highest BCUT2D eigenvalue weighted by Crippen LogP contribution is 2.28. The van der Waals surface area contributed by atoms with E-state index < -0.39 is 23.1 Å². The summed E-state index contributed by atoms with van der Waals surface area (Å²) < 4.78 is 11.3. The summed E-state index contributed by atoms with van der Waals surface area (Å²) in [6, 6.07) is 6.41. The van der Waals surface area contributed by atoms with Gasteiger partial charge in [-0.3, -0.25) is 0 Å². The van der Waals surface area contributed by atoms with E-state index in [-0.39, 0.29) is 6.61 Å². The Balaban J connectivity index is 2.58. The lowest BCUT2D eigenvalue weighted by Crippen LogP contribution is -2.32. The van der Waals surface area contributed by atoms with Gasteiger partial charge in [0.1, 0.15) is 5.60 Å². The quantitative estimate of drug-likeness (QED) is 0.247. The molecule has 0 aliphatic heterocycles. The molecular weight excluding hydrogens is 444 g/mol. The molecule has 6 nitrogen and oxygen atoms in total. The molecule has 6 heteroatoms. The number of hydrogen-bond acceptors (Lipinski definition) is 6. The molecule has 4 unspecified atom stereocenters. The fourth-order valence-corrected chi connectivity index (χ4v) is 4.01. The second kappa shape index (κ2) is 15.2. The van der Waals surface area contributed by atoms with Gasteiger partial charge in [0.05, 0.1) is 23.3 Å². The average Bonchev–Trinajstić information content (AvgIpc) is 2.82. The number of hydrogen-bond donors (Lipinski definition) is 2. The van der Waals surface area contributed by atoms with Crippen molar-refractivity contribution in [3.8, 4) is 0 Å². The van der Waals surface area contributed by atoms with Crippen LogP contribution in [0.15, 0.2) is 24.3 Å². The number of esters is 2. The van der Waals surface area contributed by atoms with Gasteiger partial charge in [0, 0.05) is 6.61 Å². The smallest absolute Gasteiger partial charge is 0.338 e. The summed E-state index contributed by atoms with van der Waals surface area (Å²) in [5.74, 6) is -0.0877. The molecule has 0 heterocycles. The molecule has 0 saturated carbocycles. The van der Waals surface area contributed by atoms with Crippen molar-refractivity contribution in [2.45, 2.75) is 111 Å². The van der Waals surface area contributed by atoms with Crippen molar-refractivity contribution < 1.29 is 29.3 Å². The molecule has 0 aromatic heterocycles. The van der Waals surface area contributed by atoms with Crippen LogP contribution in [0.25, 0.3) is 0 Å². The zero-order valence-corrected chi connectivity index (χ0v) is 22.8. The van der Waals surface area contributed by atoms with Crippen molar-refractivity contribution in [1.82, 2.24) is 0 Å². The van der Waals surface area contributed by atoms with E-state index in [9.17, 15) is 14.7 Å². The molecule has 0 aliphatic rings. The first-order valence-electron chi connectivity index (χ1n) is 13.3. The first-order chi connectivity index (χ1) is 16.4. The van der Waals surface area contributed by atoms with Crippen molar-refractivity contribution in [3.63, 3.8) is 0 Å². The number of aliphatic hydroxyl groups excluding tert-OH is 1. The molecule has 200 valence electrons. The molecule has 1 aromatic carbocycles. The minimum Gasteiger partial charge on any atom is -0.462 e. The zero-order valence-electron chi connectivity index (χ0n) is 22.8. The van der Waals surface area contributed by atoms with Crippen molar-refractivity contribution in [3.05, 3.63) is 35.4 Å². The van der Waals surface area contributed by atoms with E-state index in [0.717, 1.165) is 57.8 Å². The fraction of sp³-hybridized carbons (Fsp3) is 0.724. The van der Waals surface area contributed by atoms with E-state index in [0.29, 0.717) is 29.6 Å². The van der Waals surface area contributed by atoms with Crippen LogP contribution >= 0.6 is 0 Å². The second-order valence-electron chi connectivity index (χ2n) is 10.7. The van der Waals surface area contributed by atoms with Crippen LogP contribution in [0, 0.1) is 11.8 Å². The molecule has 0 saturated heterocycles. The standard InChI is InChI=1S/C29H48O6/c1-7-17-29(6,19-14-22(3)15-20-30)35-27(32)25-11-9-24(10-12-25)26(31)34-21-16-23(4)13-18-28(5,33)8-2/h9-12,22-23,30,33H,7-8,13-21H2,1-6H3. The normalized spacial score (nSPS) is 16.6. The molecule has 2 N–H and O–H groups in total. The molecule has 1 rings (SSSR count). The SMILES string of the molecule is CCCC(C)(CCC(C)CCO)OC(=O)c1ccc(C(=O)OCCC(C)CCC(C)(O)CC)cc1. The Bertz CT molecular complexity index is 757. The third-order valence-corrected chi connectivity index (χ3v) is 7.04. The Morgan fingerprint density at radius 3 is 1.94 bits per heavy atom. The van der Waals surface area contributed by atoms with Crippen molar-refractivity contribution in [1.29, 1.82) is 0 Å². The van der Waals surface area contributed by atoms with Gasteiger partial charge in [-0.15, -0.1) is 0 Å². The van der Waals surface area contributed by atoms with E-state index in [1.165, 1.54) is 0 Å². The lowest BCUT2D eigenvalue weighted by molar-refractivity contribution is -0.0208. The fourth-order valence-electron chi connectivity index (χ4n) is 4.01. The molecule has 0 radical (unpaired) electrons. The van der Waals surface area contributed by atoms with Crippen LogP contribution in [0.3, 0.4) is 0 Å². The van der Waals surface area contributed by atoms with Crippen LogP contribution < -0.4 is 0 Å². The van der Waals surface area contributed by atoms with Gasteiger partial charge in [0.15, 0.2) is 0 Å². The lowest BCUT2D eigenvalue weighted by atomic mass is 9.89. The Kier molecular flexibility index (Phi) is 13.6. The van der Waals surface area contributed by atoms with Gasteiger partial charge < -0.3 is 19.7 Å². The maximum absolute atomic E-state index is 12.8. The minimum atomic E-state index is -0.639. The summed E-state index contributed by atoms with van der Waals surface area (Å²) in [7, 11) is 0. The van der Waals surface area contributed by atoms with Gasteiger partial charge in [-0.1, -0.05) is 34.1 Å². The predicted octanol–water partition coefficient (Wildman–Crippen LogP) is 6.33. The third kappa shape index (κ3) is 12.0. The Hall–Kier alpha value is -1.92. The van der Waals surface area contributed by atoms with Crippen molar-refractivity contribution >= 4 is 11.9 Å². The number of ether oxygens (including phenoxy) is 2. The number of carbonyl (C=O) groups excluding carboxylic acids is 2. The molecule has 0 spiro atoms. The van der Waals surface area contributed by atoms with Gasteiger partial charge in [-0.05, 0) is 101 Å². The molecule has 1 aromatic rings. The van der Waals surface area contributed by atoms with Crippen LogP contribution in [0.2, 0.25) is 0 Å². The molecular formula is C29H48O6. The highest BCUT2D eigenvalue weighted by molar-refractivity contribution is 5.93. The zero-order chi connectivity index (χ0) is 26.5. The van der Waals surface area contributed by atoms with Crippen LogP contribution in [0.4, 0.5) is 0 Å². The van der Waals surface area contributed by atoms with Crippen LogP contribution in [-0.4, -0.2) is 46.6 Å². The summed E-state index contributed by atoms with van der Waals surface area (Å²) in [6.45, 7) is 12.5. The topological polar surface area (TPSA) is 93.1 Å². The minimum absolute atomic E-state index is 0.168. The van der Waals surface area contributed by atoms with Gasteiger partial charge in [0.2, 0.25) is 0 Å². The van der Waals surface area contributed by atoms with Crippen molar-refractivity contribution in [2.75, 3.05) is 13.2 Å². The molecule has 4 atom stereocenters. The average molecular weight is 493 g/mol. The first kappa shape index (κ1) is 31.1. The van der Waals surface area contributed by atoms with E-state index in [1.807, 2.05) is 20.8 Å². The Labute approximate surface area is 212 Å². The van der Waals surface area contributed by atoms with Crippen LogP contribution in [0.1, 0.15) is 120 Å². The van der Waals surface area contributed by atoms with E-state index in [4.69, 9.17) is 14.6 Å².